The van der Waals surface area contributed by atoms with E-state index in [0.29, 0.717) is 26.2 Å². The number of carboxylic acids is 2. The zero-order chi connectivity index (χ0) is 14.4. The van der Waals surface area contributed by atoms with Crippen molar-refractivity contribution in [1.29, 1.82) is 0 Å². The van der Waals surface area contributed by atoms with Crippen LogP contribution in [-0.4, -0.2) is 47.9 Å². The molecule has 0 aliphatic carbocycles. The van der Waals surface area contributed by atoms with Crippen molar-refractivity contribution in [2.75, 3.05) is 19.8 Å². The minimum absolute atomic E-state index is 0.184. The summed E-state index contributed by atoms with van der Waals surface area (Å²) < 4.78 is 9.62. The van der Waals surface area contributed by atoms with Crippen LogP contribution in [0.25, 0.3) is 0 Å². The van der Waals surface area contributed by atoms with Gasteiger partial charge in [-0.3, -0.25) is 14.4 Å². The number of esters is 1. The highest BCUT2D eigenvalue weighted by Gasteiger charge is 2.00. The van der Waals surface area contributed by atoms with E-state index in [2.05, 4.69) is 4.74 Å². The van der Waals surface area contributed by atoms with Crippen LogP contribution in [0.2, 0.25) is 0 Å². The molecule has 0 saturated heterocycles. The fourth-order valence-electron chi connectivity index (χ4n) is 0.747. The summed E-state index contributed by atoms with van der Waals surface area (Å²) in [7, 11) is 0. The molecule has 0 unspecified atom stereocenters. The summed E-state index contributed by atoms with van der Waals surface area (Å²) in [5.74, 6) is -2.34. The van der Waals surface area contributed by atoms with Crippen molar-refractivity contribution < 1.29 is 34.1 Å². The molecule has 0 amide bonds. The van der Waals surface area contributed by atoms with Crippen molar-refractivity contribution >= 4 is 17.9 Å². The standard InChI is InChI=1S/C7H14O3.C4H6O4/c1-3-9-6-5-7(8)10-4-2;5-3(6)1-2-4(7)8/h3-6H2,1-2H3;1-2H2,(H,5,6)(H,7,8). The lowest BCUT2D eigenvalue weighted by atomic mass is 10.3. The molecule has 0 fully saturated rings. The molecule has 0 spiro atoms. The zero-order valence-corrected chi connectivity index (χ0v) is 10.7. The third-order valence-electron chi connectivity index (χ3n) is 1.51. The Balaban J connectivity index is 0. The molecule has 0 saturated carbocycles. The quantitative estimate of drug-likeness (QED) is 0.495. The molecule has 0 aliphatic rings. The SMILES string of the molecule is CCOCCC(=O)OCC.O=C(O)CCC(=O)O. The lowest BCUT2D eigenvalue weighted by Crippen LogP contribution is -2.07. The van der Waals surface area contributed by atoms with Crippen LogP contribution in [0.4, 0.5) is 0 Å². The molecular formula is C11H20O7. The second-order valence-corrected chi connectivity index (χ2v) is 3.04. The highest BCUT2D eigenvalue weighted by atomic mass is 16.5. The van der Waals surface area contributed by atoms with Crippen LogP contribution in [0.15, 0.2) is 0 Å². The van der Waals surface area contributed by atoms with Gasteiger partial charge in [-0.2, -0.15) is 0 Å². The largest absolute Gasteiger partial charge is 0.481 e. The van der Waals surface area contributed by atoms with Gasteiger partial charge in [-0.25, -0.2) is 0 Å². The first-order valence-electron chi connectivity index (χ1n) is 5.60. The average molecular weight is 264 g/mol. The maximum atomic E-state index is 10.6. The molecule has 0 atom stereocenters. The summed E-state index contributed by atoms with van der Waals surface area (Å²) in [4.78, 5) is 29.9. The Morgan fingerprint density at radius 1 is 0.889 bits per heavy atom. The Morgan fingerprint density at radius 2 is 1.39 bits per heavy atom. The van der Waals surface area contributed by atoms with Crippen LogP contribution in [0.1, 0.15) is 33.1 Å². The first kappa shape index (κ1) is 18.7. The molecular weight excluding hydrogens is 244 g/mol. The van der Waals surface area contributed by atoms with Crippen LogP contribution in [0, 0.1) is 0 Å². The number of rotatable bonds is 8. The molecule has 0 heterocycles. The van der Waals surface area contributed by atoms with Crippen molar-refractivity contribution in [2.24, 2.45) is 0 Å². The van der Waals surface area contributed by atoms with Crippen LogP contribution < -0.4 is 0 Å². The minimum Gasteiger partial charge on any atom is -0.481 e. The summed E-state index contributed by atoms with van der Waals surface area (Å²) in [5.41, 5.74) is 0. The third-order valence-corrected chi connectivity index (χ3v) is 1.51. The van der Waals surface area contributed by atoms with Gasteiger partial charge >= 0.3 is 17.9 Å². The van der Waals surface area contributed by atoms with Gasteiger partial charge in [0.05, 0.1) is 32.5 Å². The normalized spacial score (nSPS) is 9.00. The van der Waals surface area contributed by atoms with E-state index in [1.54, 1.807) is 6.92 Å². The van der Waals surface area contributed by atoms with Crippen molar-refractivity contribution in [3.8, 4) is 0 Å². The van der Waals surface area contributed by atoms with Crippen LogP contribution in [0.3, 0.4) is 0 Å². The van der Waals surface area contributed by atoms with Gasteiger partial charge in [-0.05, 0) is 13.8 Å². The van der Waals surface area contributed by atoms with Crippen molar-refractivity contribution in [3.05, 3.63) is 0 Å². The number of carbonyl (C=O) groups excluding carboxylic acids is 1. The van der Waals surface area contributed by atoms with E-state index in [9.17, 15) is 14.4 Å². The topological polar surface area (TPSA) is 110 Å². The molecule has 2 N–H and O–H groups in total. The van der Waals surface area contributed by atoms with Crippen molar-refractivity contribution in [2.45, 2.75) is 33.1 Å². The molecule has 0 aromatic heterocycles. The molecule has 0 aliphatic heterocycles. The number of aliphatic carboxylic acids is 2. The number of carbonyl (C=O) groups is 3. The van der Waals surface area contributed by atoms with Gasteiger partial charge in [0.25, 0.3) is 0 Å². The molecule has 0 aromatic carbocycles. The molecule has 106 valence electrons. The smallest absolute Gasteiger partial charge is 0.308 e. The van der Waals surface area contributed by atoms with E-state index < -0.39 is 11.9 Å². The van der Waals surface area contributed by atoms with E-state index in [-0.39, 0.29) is 18.8 Å². The first-order chi connectivity index (χ1) is 8.43. The van der Waals surface area contributed by atoms with E-state index in [1.807, 2.05) is 6.92 Å². The van der Waals surface area contributed by atoms with Crippen LogP contribution in [-0.2, 0) is 23.9 Å². The van der Waals surface area contributed by atoms with Crippen LogP contribution in [0.5, 0.6) is 0 Å². The molecule has 7 nitrogen and oxygen atoms in total. The Morgan fingerprint density at radius 3 is 1.72 bits per heavy atom. The van der Waals surface area contributed by atoms with E-state index in [0.717, 1.165) is 0 Å². The zero-order valence-electron chi connectivity index (χ0n) is 10.7. The number of hydrogen-bond donors (Lipinski definition) is 2. The predicted octanol–water partition coefficient (Wildman–Crippen LogP) is 0.912. The summed E-state index contributed by atoms with van der Waals surface area (Å²) >= 11 is 0. The number of hydrogen-bond acceptors (Lipinski definition) is 5. The lowest BCUT2D eigenvalue weighted by molar-refractivity contribution is -0.144. The first-order valence-corrected chi connectivity index (χ1v) is 5.60. The predicted molar refractivity (Wildman–Crippen MR) is 62.2 cm³/mol. The van der Waals surface area contributed by atoms with Gasteiger partial charge < -0.3 is 19.7 Å². The minimum atomic E-state index is -1.08. The maximum absolute atomic E-state index is 10.6. The van der Waals surface area contributed by atoms with Gasteiger partial charge in [0.2, 0.25) is 0 Å². The number of carboxylic acid groups (broad SMARTS) is 2. The Hall–Kier alpha value is -1.63. The second-order valence-electron chi connectivity index (χ2n) is 3.04. The van der Waals surface area contributed by atoms with E-state index >= 15 is 0 Å². The fourth-order valence-corrected chi connectivity index (χ4v) is 0.747. The molecule has 0 radical (unpaired) electrons. The second kappa shape index (κ2) is 13.4. The summed E-state index contributed by atoms with van der Waals surface area (Å²) in [6.45, 7) is 5.25. The van der Waals surface area contributed by atoms with Gasteiger partial charge in [0.15, 0.2) is 0 Å². The molecule has 7 heteroatoms. The van der Waals surface area contributed by atoms with E-state index in [4.69, 9.17) is 14.9 Å². The highest BCUT2D eigenvalue weighted by Crippen LogP contribution is 1.87. The maximum Gasteiger partial charge on any atom is 0.308 e. The van der Waals surface area contributed by atoms with Gasteiger partial charge in [0, 0.05) is 6.61 Å². The molecule has 0 bridgehead atoms. The van der Waals surface area contributed by atoms with Gasteiger partial charge in [0.1, 0.15) is 0 Å². The van der Waals surface area contributed by atoms with Crippen LogP contribution >= 0.6 is 0 Å². The van der Waals surface area contributed by atoms with Crippen molar-refractivity contribution in [3.63, 3.8) is 0 Å². The molecule has 0 rings (SSSR count). The molecule has 0 aromatic rings. The van der Waals surface area contributed by atoms with Gasteiger partial charge in [-0.1, -0.05) is 0 Å². The molecule has 18 heavy (non-hydrogen) atoms. The average Bonchev–Trinajstić information content (AvgIpc) is 2.28. The number of ether oxygens (including phenoxy) is 2. The fraction of sp³-hybridized carbons (Fsp3) is 0.727. The lowest BCUT2D eigenvalue weighted by Gasteiger charge is -2.00. The Bertz CT molecular complexity index is 236. The summed E-state index contributed by atoms with van der Waals surface area (Å²) in [6, 6.07) is 0. The Labute approximate surface area is 106 Å². The van der Waals surface area contributed by atoms with E-state index in [1.165, 1.54) is 0 Å². The highest BCUT2D eigenvalue weighted by molar-refractivity contribution is 5.75. The van der Waals surface area contributed by atoms with Gasteiger partial charge in [-0.15, -0.1) is 0 Å². The van der Waals surface area contributed by atoms with Crippen molar-refractivity contribution in [1.82, 2.24) is 0 Å². The third kappa shape index (κ3) is 19.9. The summed E-state index contributed by atoms with van der Waals surface area (Å²) in [5, 5.41) is 15.8. The summed E-state index contributed by atoms with van der Waals surface area (Å²) in [6.07, 6.45) is -0.230. The monoisotopic (exact) mass is 264 g/mol. The Kier molecular flexibility index (Phi) is 14.0.